The Morgan fingerprint density at radius 2 is 1.96 bits per heavy atom. The van der Waals surface area contributed by atoms with Crippen molar-refractivity contribution >= 4 is 35.6 Å². The molecule has 2 atom stereocenters. The van der Waals surface area contributed by atoms with E-state index in [0.717, 1.165) is 50.6 Å². The molecule has 24 heavy (non-hydrogen) atoms. The normalized spacial score (nSPS) is 24.5. The number of aryl methyl sites for hydroxylation is 1. The second kappa shape index (κ2) is 8.41. The molecule has 0 bridgehead atoms. The molecule has 0 radical (unpaired) electrons. The molecule has 3 rings (SSSR count). The molecule has 1 aromatic carbocycles. The van der Waals surface area contributed by atoms with Crippen molar-refractivity contribution in [1.29, 1.82) is 0 Å². The number of nitrogens with zero attached hydrogens (tertiary/aromatic N) is 2. The van der Waals surface area contributed by atoms with Crippen LogP contribution in [-0.2, 0) is 4.79 Å². The summed E-state index contributed by atoms with van der Waals surface area (Å²) in [5.41, 5.74) is 2.43. The maximum Gasteiger partial charge on any atom is 0.225 e. The Morgan fingerprint density at radius 1 is 1.25 bits per heavy atom. The van der Waals surface area contributed by atoms with Gasteiger partial charge < -0.3 is 15.1 Å². The van der Waals surface area contributed by atoms with Crippen molar-refractivity contribution in [2.24, 2.45) is 5.92 Å². The molecule has 0 aliphatic carbocycles. The molecule has 1 N–H and O–H groups in total. The summed E-state index contributed by atoms with van der Waals surface area (Å²) in [6, 6.07) is 6.47. The fourth-order valence-corrected chi connectivity index (χ4v) is 3.87. The number of piperazine rings is 1. The number of halogens is 2. The zero-order valence-corrected chi connectivity index (χ0v) is 16.0. The minimum absolute atomic E-state index is 0. The van der Waals surface area contributed by atoms with Gasteiger partial charge in [-0.25, -0.2) is 0 Å². The van der Waals surface area contributed by atoms with E-state index in [9.17, 15) is 4.79 Å². The van der Waals surface area contributed by atoms with Crippen molar-refractivity contribution in [2.45, 2.75) is 32.7 Å². The highest BCUT2D eigenvalue weighted by Crippen LogP contribution is 2.26. The molecule has 4 nitrogen and oxygen atoms in total. The molecule has 2 fully saturated rings. The van der Waals surface area contributed by atoms with Gasteiger partial charge in [-0.2, -0.15) is 0 Å². The van der Waals surface area contributed by atoms with Crippen molar-refractivity contribution < 1.29 is 4.79 Å². The Hall–Kier alpha value is -0.970. The standard InChI is InChI=1S/C18H26ClN3O.ClH/c1-13-3-4-16(19)12-17(13)21-7-9-22(10-8-21)18(23)15-5-6-20-14(2)11-15;/h3-4,12,14-15,20H,5-11H2,1-2H3;1H/t14-,15-;/m0./s1. The number of anilines is 1. The zero-order chi connectivity index (χ0) is 16.4. The van der Waals surface area contributed by atoms with Crippen LogP contribution in [0, 0.1) is 12.8 Å². The van der Waals surface area contributed by atoms with Crippen LogP contribution < -0.4 is 10.2 Å². The number of hydrogen-bond donors (Lipinski definition) is 1. The number of amides is 1. The zero-order valence-electron chi connectivity index (χ0n) is 14.4. The lowest BCUT2D eigenvalue weighted by Gasteiger charge is -2.39. The van der Waals surface area contributed by atoms with Gasteiger partial charge in [-0.3, -0.25) is 4.79 Å². The van der Waals surface area contributed by atoms with Crippen LogP contribution in [0.25, 0.3) is 0 Å². The van der Waals surface area contributed by atoms with Crippen LogP contribution >= 0.6 is 24.0 Å². The van der Waals surface area contributed by atoms with E-state index in [1.54, 1.807) is 0 Å². The van der Waals surface area contributed by atoms with Gasteiger partial charge >= 0.3 is 0 Å². The van der Waals surface area contributed by atoms with E-state index in [1.807, 2.05) is 12.1 Å². The Balaban J connectivity index is 0.00000208. The lowest BCUT2D eigenvalue weighted by molar-refractivity contribution is -0.137. The van der Waals surface area contributed by atoms with Crippen molar-refractivity contribution in [3.8, 4) is 0 Å². The summed E-state index contributed by atoms with van der Waals surface area (Å²) in [7, 11) is 0. The van der Waals surface area contributed by atoms with Crippen LogP contribution in [0.3, 0.4) is 0 Å². The van der Waals surface area contributed by atoms with E-state index in [4.69, 9.17) is 11.6 Å². The number of nitrogens with one attached hydrogen (secondary N) is 1. The van der Waals surface area contributed by atoms with Crippen molar-refractivity contribution in [3.63, 3.8) is 0 Å². The summed E-state index contributed by atoms with van der Waals surface area (Å²) >= 11 is 6.13. The topological polar surface area (TPSA) is 35.6 Å². The van der Waals surface area contributed by atoms with Gasteiger partial charge in [0, 0.05) is 48.8 Å². The maximum atomic E-state index is 12.7. The molecule has 134 valence electrons. The molecular formula is C18H27Cl2N3O. The average Bonchev–Trinajstić information content (AvgIpc) is 2.56. The van der Waals surface area contributed by atoms with Crippen LogP contribution in [0.2, 0.25) is 5.02 Å². The first kappa shape index (κ1) is 19.4. The van der Waals surface area contributed by atoms with Gasteiger partial charge in [-0.15, -0.1) is 12.4 Å². The number of piperidine rings is 1. The van der Waals surface area contributed by atoms with Crippen LogP contribution in [0.15, 0.2) is 18.2 Å². The monoisotopic (exact) mass is 371 g/mol. The highest BCUT2D eigenvalue weighted by atomic mass is 35.5. The lowest BCUT2D eigenvalue weighted by Crippen LogP contribution is -2.52. The third kappa shape index (κ3) is 4.35. The molecule has 2 heterocycles. The molecule has 2 aliphatic heterocycles. The molecule has 0 spiro atoms. The summed E-state index contributed by atoms with van der Waals surface area (Å²) in [5.74, 6) is 0.548. The molecule has 0 saturated carbocycles. The summed E-state index contributed by atoms with van der Waals surface area (Å²) in [6.07, 6.45) is 1.93. The van der Waals surface area contributed by atoms with Gasteiger partial charge in [0.1, 0.15) is 0 Å². The number of benzene rings is 1. The van der Waals surface area contributed by atoms with E-state index in [0.29, 0.717) is 11.9 Å². The molecular weight excluding hydrogens is 345 g/mol. The molecule has 1 aromatic rings. The number of rotatable bonds is 2. The molecule has 0 aromatic heterocycles. The van der Waals surface area contributed by atoms with E-state index in [2.05, 4.69) is 35.0 Å². The van der Waals surface area contributed by atoms with E-state index < -0.39 is 0 Å². The summed E-state index contributed by atoms with van der Waals surface area (Å²) in [4.78, 5) is 17.1. The SMILES string of the molecule is Cc1ccc(Cl)cc1N1CCN(C(=O)[C@H]2CCN[C@@H](C)C2)CC1.Cl. The first-order valence-corrected chi connectivity index (χ1v) is 8.95. The molecule has 2 saturated heterocycles. The smallest absolute Gasteiger partial charge is 0.225 e. The Bertz CT molecular complexity index is 573. The summed E-state index contributed by atoms with van der Waals surface area (Å²) in [6.45, 7) is 8.62. The molecule has 0 unspecified atom stereocenters. The van der Waals surface area contributed by atoms with Gasteiger partial charge in [-0.05, 0) is 50.9 Å². The number of carbonyl (C=O) groups excluding carboxylic acids is 1. The third-order valence-corrected chi connectivity index (χ3v) is 5.31. The van der Waals surface area contributed by atoms with Gasteiger partial charge in [0.25, 0.3) is 0 Å². The predicted molar refractivity (Wildman–Crippen MR) is 102 cm³/mol. The summed E-state index contributed by atoms with van der Waals surface area (Å²) < 4.78 is 0. The van der Waals surface area contributed by atoms with Gasteiger partial charge in [0.05, 0.1) is 0 Å². The number of carbonyl (C=O) groups is 1. The van der Waals surface area contributed by atoms with Crippen molar-refractivity contribution in [2.75, 3.05) is 37.6 Å². The van der Waals surface area contributed by atoms with Crippen molar-refractivity contribution in [1.82, 2.24) is 10.2 Å². The molecule has 6 heteroatoms. The van der Waals surface area contributed by atoms with Gasteiger partial charge in [-0.1, -0.05) is 17.7 Å². The predicted octanol–water partition coefficient (Wildman–Crippen LogP) is 3.11. The highest BCUT2D eigenvalue weighted by Gasteiger charge is 2.30. The summed E-state index contributed by atoms with van der Waals surface area (Å²) in [5, 5.41) is 4.19. The lowest BCUT2D eigenvalue weighted by atomic mass is 9.92. The van der Waals surface area contributed by atoms with Crippen molar-refractivity contribution in [3.05, 3.63) is 28.8 Å². The van der Waals surface area contributed by atoms with Crippen LogP contribution in [0.4, 0.5) is 5.69 Å². The minimum Gasteiger partial charge on any atom is -0.368 e. The second-order valence-corrected chi connectivity index (χ2v) is 7.26. The van der Waals surface area contributed by atoms with Crippen LogP contribution in [-0.4, -0.2) is 49.6 Å². The fourth-order valence-electron chi connectivity index (χ4n) is 3.71. The Morgan fingerprint density at radius 3 is 2.62 bits per heavy atom. The van der Waals surface area contributed by atoms with Gasteiger partial charge in [0.2, 0.25) is 5.91 Å². The maximum absolute atomic E-state index is 12.7. The van der Waals surface area contributed by atoms with E-state index in [1.165, 1.54) is 11.3 Å². The first-order chi connectivity index (χ1) is 11.0. The quantitative estimate of drug-likeness (QED) is 0.867. The molecule has 2 aliphatic rings. The third-order valence-electron chi connectivity index (χ3n) is 5.08. The number of hydrogen-bond acceptors (Lipinski definition) is 3. The largest absolute Gasteiger partial charge is 0.368 e. The Labute approximate surface area is 155 Å². The van der Waals surface area contributed by atoms with Crippen LogP contribution in [0.5, 0.6) is 0 Å². The average molecular weight is 372 g/mol. The van der Waals surface area contributed by atoms with Crippen LogP contribution in [0.1, 0.15) is 25.3 Å². The van der Waals surface area contributed by atoms with Gasteiger partial charge in [0.15, 0.2) is 0 Å². The molecule has 1 amide bonds. The fraction of sp³-hybridized carbons (Fsp3) is 0.611. The highest BCUT2D eigenvalue weighted by molar-refractivity contribution is 6.30. The van der Waals surface area contributed by atoms with E-state index >= 15 is 0 Å². The second-order valence-electron chi connectivity index (χ2n) is 6.82. The first-order valence-electron chi connectivity index (χ1n) is 8.58. The Kier molecular flexibility index (Phi) is 6.79. The van der Waals surface area contributed by atoms with E-state index in [-0.39, 0.29) is 18.3 Å². The minimum atomic E-state index is 0.